The number of hydrogen-bond acceptors (Lipinski definition) is 1. The molecular formula is C15H29N2O+. The first-order valence-corrected chi connectivity index (χ1v) is 7.46. The Balaban J connectivity index is 1.99. The predicted octanol–water partition coefficient (Wildman–Crippen LogP) is 3.40. The summed E-state index contributed by atoms with van der Waals surface area (Å²) in [7, 11) is 1.96. The van der Waals surface area contributed by atoms with Crippen LogP contribution in [0.25, 0.3) is 0 Å². The number of rotatable bonds is 10. The average Bonchev–Trinajstić information content (AvgIpc) is 2.79. The van der Waals surface area contributed by atoms with Crippen LogP contribution in [0.4, 0.5) is 0 Å². The first-order valence-electron chi connectivity index (χ1n) is 7.46. The number of nitrogens with zero attached hydrogens (tertiary/aromatic N) is 1. The molecule has 0 spiro atoms. The molecule has 18 heavy (non-hydrogen) atoms. The summed E-state index contributed by atoms with van der Waals surface area (Å²) in [6.45, 7) is 2.25. The summed E-state index contributed by atoms with van der Waals surface area (Å²) in [5, 5.41) is 10.0. The van der Waals surface area contributed by atoms with Crippen molar-refractivity contribution in [1.82, 2.24) is 4.98 Å². The van der Waals surface area contributed by atoms with Gasteiger partial charge in [0.15, 0.2) is 6.10 Å². The van der Waals surface area contributed by atoms with Gasteiger partial charge in [0.1, 0.15) is 12.4 Å². The third kappa shape index (κ3) is 5.67. The Hall–Kier alpha value is -0.830. The molecule has 0 fully saturated rings. The lowest BCUT2D eigenvalue weighted by Gasteiger charge is -2.06. The third-order valence-corrected chi connectivity index (χ3v) is 3.56. The Morgan fingerprint density at radius 1 is 1.11 bits per heavy atom. The number of imidazole rings is 1. The average molecular weight is 253 g/mol. The summed E-state index contributed by atoms with van der Waals surface area (Å²) in [5.41, 5.74) is 0. The summed E-state index contributed by atoms with van der Waals surface area (Å²) in [6.07, 6.45) is 14.8. The minimum absolute atomic E-state index is 0.343. The number of unbranched alkanes of at least 4 members (excludes halogenated alkanes) is 7. The highest BCUT2D eigenvalue weighted by atomic mass is 16.3. The number of aromatic amines is 1. The van der Waals surface area contributed by atoms with Crippen molar-refractivity contribution in [2.24, 2.45) is 7.05 Å². The fraction of sp³-hybridized carbons (Fsp3) is 0.800. The first kappa shape index (κ1) is 15.2. The van der Waals surface area contributed by atoms with E-state index >= 15 is 0 Å². The van der Waals surface area contributed by atoms with Crippen LogP contribution in [0.15, 0.2) is 12.4 Å². The van der Waals surface area contributed by atoms with Crippen molar-refractivity contribution in [3.05, 3.63) is 18.2 Å². The smallest absolute Gasteiger partial charge is 0.283 e. The number of hydrogen-bond donors (Lipinski definition) is 2. The normalized spacial score (nSPS) is 12.8. The molecule has 2 N–H and O–H groups in total. The molecule has 0 aromatic carbocycles. The van der Waals surface area contributed by atoms with Crippen LogP contribution >= 0.6 is 0 Å². The molecule has 0 bridgehead atoms. The summed E-state index contributed by atoms with van der Waals surface area (Å²) in [5.74, 6) is 0.915. The number of H-pyrrole nitrogens is 1. The lowest BCUT2D eigenvalue weighted by atomic mass is 10.1. The Labute approximate surface area is 111 Å². The Bertz CT molecular complexity index is 309. The standard InChI is InChI=1S/C15H28N2O/c1-3-4-5-6-7-8-9-10-11-14(18)15-16-12-13-17(15)2/h12-14,18H,3-11H2,1-2H3/p+1. The number of aryl methyl sites for hydroxylation is 1. The zero-order valence-electron chi connectivity index (χ0n) is 12.0. The van der Waals surface area contributed by atoms with Crippen LogP contribution in [0.1, 0.15) is 76.6 Å². The maximum absolute atomic E-state index is 10.0. The summed E-state index contributed by atoms with van der Waals surface area (Å²) >= 11 is 0. The van der Waals surface area contributed by atoms with Gasteiger partial charge in [0.25, 0.3) is 5.82 Å². The molecule has 0 saturated carbocycles. The fourth-order valence-corrected chi connectivity index (χ4v) is 2.36. The monoisotopic (exact) mass is 253 g/mol. The van der Waals surface area contributed by atoms with Crippen molar-refractivity contribution < 1.29 is 9.67 Å². The van der Waals surface area contributed by atoms with Crippen molar-refractivity contribution >= 4 is 0 Å². The molecule has 0 aliphatic heterocycles. The van der Waals surface area contributed by atoms with Gasteiger partial charge in [0.2, 0.25) is 0 Å². The molecule has 0 aliphatic rings. The van der Waals surface area contributed by atoms with Gasteiger partial charge >= 0.3 is 0 Å². The lowest BCUT2D eigenvalue weighted by Crippen LogP contribution is -2.32. The highest BCUT2D eigenvalue weighted by Gasteiger charge is 2.17. The van der Waals surface area contributed by atoms with Gasteiger partial charge in [-0.05, 0) is 6.42 Å². The summed E-state index contributed by atoms with van der Waals surface area (Å²) in [6, 6.07) is 0. The van der Waals surface area contributed by atoms with Crippen molar-refractivity contribution in [3.63, 3.8) is 0 Å². The van der Waals surface area contributed by atoms with Crippen LogP contribution in [-0.4, -0.2) is 10.1 Å². The molecular weight excluding hydrogens is 224 g/mol. The van der Waals surface area contributed by atoms with Crippen LogP contribution in [0.2, 0.25) is 0 Å². The number of aliphatic hydroxyl groups excluding tert-OH is 1. The Morgan fingerprint density at radius 3 is 2.28 bits per heavy atom. The maximum Gasteiger partial charge on any atom is 0.283 e. The second-order valence-corrected chi connectivity index (χ2v) is 5.24. The molecule has 1 aromatic heterocycles. The molecule has 1 atom stereocenters. The summed E-state index contributed by atoms with van der Waals surface area (Å²) < 4.78 is 1.95. The van der Waals surface area contributed by atoms with E-state index in [2.05, 4.69) is 11.9 Å². The van der Waals surface area contributed by atoms with Crippen LogP contribution in [-0.2, 0) is 7.05 Å². The van der Waals surface area contributed by atoms with E-state index in [9.17, 15) is 5.11 Å². The minimum Gasteiger partial charge on any atom is -0.380 e. The van der Waals surface area contributed by atoms with Crippen LogP contribution < -0.4 is 4.57 Å². The van der Waals surface area contributed by atoms with Gasteiger partial charge in [-0.25, -0.2) is 9.55 Å². The van der Waals surface area contributed by atoms with E-state index in [1.807, 2.05) is 24.0 Å². The molecule has 1 rings (SSSR count). The van der Waals surface area contributed by atoms with Crippen LogP contribution in [0.5, 0.6) is 0 Å². The van der Waals surface area contributed by atoms with Crippen molar-refractivity contribution in [1.29, 1.82) is 0 Å². The quantitative estimate of drug-likeness (QED) is 0.487. The molecule has 0 aliphatic carbocycles. The van der Waals surface area contributed by atoms with E-state index in [-0.39, 0.29) is 6.10 Å². The minimum atomic E-state index is -0.343. The van der Waals surface area contributed by atoms with E-state index in [0.29, 0.717) is 0 Å². The van der Waals surface area contributed by atoms with Gasteiger partial charge in [-0.3, -0.25) is 0 Å². The maximum atomic E-state index is 10.0. The van der Waals surface area contributed by atoms with Crippen molar-refractivity contribution in [3.8, 4) is 0 Å². The number of nitrogens with one attached hydrogen (secondary N) is 1. The molecule has 0 radical (unpaired) electrons. The van der Waals surface area contributed by atoms with E-state index < -0.39 is 0 Å². The second-order valence-electron chi connectivity index (χ2n) is 5.24. The Kier molecular flexibility index (Phi) is 7.74. The molecule has 3 heteroatoms. The highest BCUT2D eigenvalue weighted by Crippen LogP contribution is 2.16. The number of aliphatic hydroxyl groups is 1. The molecule has 1 aromatic rings. The molecule has 1 heterocycles. The van der Waals surface area contributed by atoms with E-state index in [0.717, 1.165) is 18.7 Å². The highest BCUT2D eigenvalue weighted by molar-refractivity contribution is 4.82. The van der Waals surface area contributed by atoms with Gasteiger partial charge in [-0.2, -0.15) is 0 Å². The number of aromatic nitrogens is 2. The van der Waals surface area contributed by atoms with Gasteiger partial charge in [-0.1, -0.05) is 58.3 Å². The Morgan fingerprint density at radius 2 is 1.72 bits per heavy atom. The van der Waals surface area contributed by atoms with Gasteiger partial charge in [-0.15, -0.1) is 0 Å². The largest absolute Gasteiger partial charge is 0.380 e. The predicted molar refractivity (Wildman–Crippen MR) is 74.2 cm³/mol. The van der Waals surface area contributed by atoms with Crippen molar-refractivity contribution in [2.45, 2.75) is 70.8 Å². The van der Waals surface area contributed by atoms with Gasteiger partial charge < -0.3 is 5.11 Å². The van der Waals surface area contributed by atoms with E-state index in [1.54, 1.807) is 0 Å². The molecule has 1 unspecified atom stereocenters. The molecule has 0 amide bonds. The summed E-state index contributed by atoms with van der Waals surface area (Å²) in [4.78, 5) is 3.09. The van der Waals surface area contributed by atoms with Gasteiger partial charge in [0.05, 0.1) is 7.05 Å². The van der Waals surface area contributed by atoms with E-state index in [1.165, 1.54) is 44.9 Å². The third-order valence-electron chi connectivity index (χ3n) is 3.56. The first-order chi connectivity index (χ1) is 8.75. The van der Waals surface area contributed by atoms with E-state index in [4.69, 9.17) is 0 Å². The molecule has 104 valence electrons. The lowest BCUT2D eigenvalue weighted by molar-refractivity contribution is -0.681. The van der Waals surface area contributed by atoms with Crippen molar-refractivity contribution in [2.75, 3.05) is 0 Å². The van der Waals surface area contributed by atoms with Gasteiger partial charge in [0, 0.05) is 0 Å². The molecule has 3 nitrogen and oxygen atoms in total. The molecule has 0 saturated heterocycles. The van der Waals surface area contributed by atoms with Crippen LogP contribution in [0.3, 0.4) is 0 Å². The zero-order chi connectivity index (χ0) is 13.2. The SMILES string of the molecule is CCCCCCCCCCC(O)c1[nH]cc[n+]1C. The topological polar surface area (TPSA) is 39.9 Å². The fourth-order valence-electron chi connectivity index (χ4n) is 2.36. The second kappa shape index (κ2) is 9.15. The zero-order valence-corrected chi connectivity index (χ0v) is 12.0. The van der Waals surface area contributed by atoms with Crippen LogP contribution in [0, 0.1) is 0 Å².